The van der Waals surface area contributed by atoms with Crippen molar-refractivity contribution in [3.05, 3.63) is 24.7 Å². The molecule has 0 aliphatic rings. The topological polar surface area (TPSA) is 112 Å². The van der Waals surface area contributed by atoms with Crippen molar-refractivity contribution >= 4 is 17.5 Å². The van der Waals surface area contributed by atoms with Crippen LogP contribution in [0.15, 0.2) is 24.7 Å². The molecule has 0 spiro atoms. The molecule has 21 heavy (non-hydrogen) atoms. The maximum absolute atomic E-state index is 12.0. The van der Waals surface area contributed by atoms with Gasteiger partial charge in [-0.25, -0.2) is 9.78 Å². The summed E-state index contributed by atoms with van der Waals surface area (Å²) in [5.41, 5.74) is 12.4. The number of nitrogen functional groups attached to an aromatic ring is 2. The first-order valence-corrected chi connectivity index (χ1v) is 5.68. The Morgan fingerprint density at radius 1 is 1.38 bits per heavy atom. The van der Waals surface area contributed by atoms with Crippen LogP contribution < -0.4 is 16.8 Å². The van der Waals surface area contributed by atoms with E-state index in [4.69, 9.17) is 11.5 Å². The van der Waals surface area contributed by atoms with E-state index in [1.54, 1.807) is 11.4 Å². The number of nitrogens with zero attached hydrogens (tertiary/aromatic N) is 3. The fourth-order valence-electron chi connectivity index (χ4n) is 1.57. The summed E-state index contributed by atoms with van der Waals surface area (Å²) in [6.07, 6.45) is -0.535. The van der Waals surface area contributed by atoms with Crippen LogP contribution in [-0.4, -0.2) is 33.5 Å². The molecule has 0 aromatic carbocycles. The van der Waals surface area contributed by atoms with Crippen molar-refractivity contribution < 1.29 is 18.0 Å². The number of hydrogen-bond donors (Lipinski definition) is 3. The van der Waals surface area contributed by atoms with Crippen molar-refractivity contribution in [3.63, 3.8) is 0 Å². The molecule has 0 atom stereocenters. The van der Waals surface area contributed by atoms with E-state index in [1.807, 2.05) is 0 Å². The first-order chi connectivity index (χ1) is 9.78. The summed E-state index contributed by atoms with van der Waals surface area (Å²) < 4.78 is 36.8. The average Bonchev–Trinajstić information content (AvgIpc) is 2.88. The summed E-state index contributed by atoms with van der Waals surface area (Å²) in [5, 5.41) is 5.38. The van der Waals surface area contributed by atoms with Crippen molar-refractivity contribution in [3.8, 4) is 11.1 Å². The summed E-state index contributed by atoms with van der Waals surface area (Å²) in [7, 11) is 0. The number of alkyl halides is 3. The lowest BCUT2D eigenvalue weighted by Gasteiger charge is -2.07. The largest absolute Gasteiger partial charge is 0.405 e. The zero-order valence-corrected chi connectivity index (χ0v) is 10.6. The molecule has 0 fully saturated rings. The van der Waals surface area contributed by atoms with E-state index in [9.17, 15) is 18.0 Å². The first-order valence-electron chi connectivity index (χ1n) is 5.68. The maximum Gasteiger partial charge on any atom is 0.405 e. The fourth-order valence-corrected chi connectivity index (χ4v) is 1.57. The molecule has 0 unspecified atom stereocenters. The van der Waals surface area contributed by atoms with Crippen LogP contribution in [0.3, 0.4) is 0 Å². The fraction of sp³-hybridized carbons (Fsp3) is 0.182. The Morgan fingerprint density at radius 3 is 2.76 bits per heavy atom. The molecule has 112 valence electrons. The van der Waals surface area contributed by atoms with E-state index in [1.165, 1.54) is 18.6 Å². The van der Waals surface area contributed by atoms with Gasteiger partial charge in [0.2, 0.25) is 0 Å². The Hall–Kier alpha value is -2.78. The number of aromatic nitrogens is 3. The monoisotopic (exact) mass is 300 g/mol. The van der Waals surface area contributed by atoms with E-state index in [0.717, 1.165) is 4.68 Å². The molecular formula is C11H11F3N6O. The van der Waals surface area contributed by atoms with Gasteiger partial charge in [-0.2, -0.15) is 23.0 Å². The second-order valence-corrected chi connectivity index (χ2v) is 4.10. The predicted octanol–water partition coefficient (Wildman–Crippen LogP) is 1.23. The van der Waals surface area contributed by atoms with Gasteiger partial charge >= 0.3 is 12.2 Å². The number of nitrogens with one attached hydrogen (secondary N) is 1. The molecule has 7 nitrogen and oxygen atoms in total. The third-order valence-electron chi connectivity index (χ3n) is 2.56. The number of pyridine rings is 1. The number of carbonyl (C=O) groups is 1. The van der Waals surface area contributed by atoms with Gasteiger partial charge < -0.3 is 16.8 Å². The highest BCUT2D eigenvalue weighted by Crippen LogP contribution is 2.27. The summed E-state index contributed by atoms with van der Waals surface area (Å²) in [6.45, 7) is -1.44. The number of halogens is 3. The molecule has 1 amide bonds. The quantitative estimate of drug-likeness (QED) is 0.772. The third-order valence-corrected chi connectivity index (χ3v) is 2.56. The van der Waals surface area contributed by atoms with Crippen LogP contribution in [0, 0.1) is 0 Å². The Bertz CT molecular complexity index is 666. The lowest BCUT2D eigenvalue weighted by atomic mass is 10.1. The maximum atomic E-state index is 12.0. The second-order valence-electron chi connectivity index (χ2n) is 4.10. The Morgan fingerprint density at radius 2 is 2.10 bits per heavy atom. The highest BCUT2D eigenvalue weighted by Gasteiger charge is 2.28. The molecule has 10 heteroatoms. The van der Waals surface area contributed by atoms with Crippen molar-refractivity contribution in [2.24, 2.45) is 0 Å². The van der Waals surface area contributed by atoms with E-state index < -0.39 is 18.8 Å². The Balaban J connectivity index is 2.18. The SMILES string of the molecule is Nc1nccc(-c2cnn(C(=O)NCC(F)(F)F)c2)c1N. The van der Waals surface area contributed by atoms with E-state index in [2.05, 4.69) is 10.1 Å². The number of amides is 1. The Labute approximate surface area is 116 Å². The molecule has 0 saturated carbocycles. The minimum atomic E-state index is -4.49. The van der Waals surface area contributed by atoms with Crippen molar-refractivity contribution in [2.45, 2.75) is 6.18 Å². The van der Waals surface area contributed by atoms with Crippen molar-refractivity contribution in [1.29, 1.82) is 0 Å². The summed E-state index contributed by atoms with van der Waals surface area (Å²) >= 11 is 0. The number of anilines is 2. The summed E-state index contributed by atoms with van der Waals surface area (Å²) in [4.78, 5) is 15.3. The number of hydrogen-bond acceptors (Lipinski definition) is 5. The third kappa shape index (κ3) is 3.41. The van der Waals surface area contributed by atoms with Gasteiger partial charge in [0.15, 0.2) is 0 Å². The smallest absolute Gasteiger partial charge is 0.395 e. The predicted molar refractivity (Wildman–Crippen MR) is 69.1 cm³/mol. The molecule has 2 rings (SSSR count). The average molecular weight is 300 g/mol. The lowest BCUT2D eigenvalue weighted by Crippen LogP contribution is -2.36. The van der Waals surface area contributed by atoms with Gasteiger partial charge in [-0.15, -0.1) is 0 Å². The Kier molecular flexibility index (Phi) is 3.70. The van der Waals surface area contributed by atoms with Crippen LogP contribution in [0.4, 0.5) is 29.5 Å². The molecule has 0 radical (unpaired) electrons. The molecule has 0 bridgehead atoms. The molecule has 0 aliphatic carbocycles. The molecule has 2 aromatic rings. The molecule has 2 aromatic heterocycles. The van der Waals surface area contributed by atoms with E-state index in [-0.39, 0.29) is 11.5 Å². The molecule has 0 saturated heterocycles. The van der Waals surface area contributed by atoms with E-state index >= 15 is 0 Å². The van der Waals surface area contributed by atoms with Crippen LogP contribution in [-0.2, 0) is 0 Å². The summed E-state index contributed by atoms with van der Waals surface area (Å²) in [5.74, 6) is 0.113. The highest BCUT2D eigenvalue weighted by molar-refractivity contribution is 5.83. The minimum absolute atomic E-state index is 0.113. The van der Waals surface area contributed by atoms with Crippen molar-refractivity contribution in [2.75, 3.05) is 18.0 Å². The van der Waals surface area contributed by atoms with Gasteiger partial charge in [-0.05, 0) is 6.07 Å². The van der Waals surface area contributed by atoms with Gasteiger partial charge in [0, 0.05) is 23.5 Å². The van der Waals surface area contributed by atoms with Gasteiger partial charge in [0.25, 0.3) is 0 Å². The lowest BCUT2D eigenvalue weighted by molar-refractivity contribution is -0.122. The molecule has 5 N–H and O–H groups in total. The summed E-state index contributed by atoms with van der Waals surface area (Å²) in [6, 6.07) is 0.555. The van der Waals surface area contributed by atoms with Crippen LogP contribution >= 0.6 is 0 Å². The van der Waals surface area contributed by atoms with Gasteiger partial charge in [0.1, 0.15) is 12.4 Å². The van der Waals surface area contributed by atoms with Gasteiger partial charge in [-0.3, -0.25) is 0 Å². The standard InChI is InChI=1S/C11H11F3N6O/c12-11(13,14)5-18-10(21)20-4-6(3-19-20)7-1-2-17-9(16)8(7)15/h1-4H,5,15H2,(H2,16,17)(H,18,21). The second kappa shape index (κ2) is 5.31. The zero-order valence-electron chi connectivity index (χ0n) is 10.6. The number of carbonyl (C=O) groups excluding carboxylic acids is 1. The van der Waals surface area contributed by atoms with Crippen LogP contribution in [0.2, 0.25) is 0 Å². The van der Waals surface area contributed by atoms with Crippen molar-refractivity contribution in [1.82, 2.24) is 20.1 Å². The normalized spacial score (nSPS) is 11.4. The van der Waals surface area contributed by atoms with Gasteiger partial charge in [-0.1, -0.05) is 0 Å². The van der Waals surface area contributed by atoms with Crippen LogP contribution in [0.25, 0.3) is 11.1 Å². The zero-order chi connectivity index (χ0) is 15.6. The number of nitrogens with two attached hydrogens (primary N) is 2. The molecule has 2 heterocycles. The first kappa shape index (κ1) is 14.6. The minimum Gasteiger partial charge on any atom is -0.395 e. The molecular weight excluding hydrogens is 289 g/mol. The number of rotatable bonds is 2. The van der Waals surface area contributed by atoms with Crippen LogP contribution in [0.1, 0.15) is 0 Å². The van der Waals surface area contributed by atoms with E-state index in [0.29, 0.717) is 11.1 Å². The highest BCUT2D eigenvalue weighted by atomic mass is 19.4. The molecule has 0 aliphatic heterocycles. The van der Waals surface area contributed by atoms with Gasteiger partial charge in [0.05, 0.1) is 11.9 Å². The van der Waals surface area contributed by atoms with Crippen LogP contribution in [0.5, 0.6) is 0 Å².